The van der Waals surface area contributed by atoms with Crippen molar-refractivity contribution in [1.29, 1.82) is 0 Å². The highest BCUT2D eigenvalue weighted by Crippen LogP contribution is 2.42. The van der Waals surface area contributed by atoms with Crippen LogP contribution in [0.3, 0.4) is 0 Å². The number of ketones is 1. The van der Waals surface area contributed by atoms with Gasteiger partial charge in [-0.3, -0.25) is 14.5 Å². The lowest BCUT2D eigenvalue weighted by Gasteiger charge is -2.23. The number of hydrogen-bond acceptors (Lipinski definition) is 5. The average Bonchev–Trinajstić information content (AvgIpc) is 3.35. The van der Waals surface area contributed by atoms with Gasteiger partial charge in [0, 0.05) is 22.3 Å². The lowest BCUT2D eigenvalue weighted by Crippen LogP contribution is -2.29. The molecule has 0 saturated carbocycles. The standard InChI is InChI=1S/C22H16ClNO5/c1-28-16-5-2-4-15(12-16)24-19(17-6-3-11-29-17)18(21(26)22(24)27)20(25)13-7-9-14(23)10-8-13/h2-12,19,25H,1H3/b20-18-. The number of carbonyl (C=O) groups excluding carboxylic acids is 2. The number of Topliss-reactive ketones (excluding diaryl/α,β-unsaturated/α-hetero) is 1. The minimum atomic E-state index is -0.923. The number of furan rings is 1. The molecular formula is C22H16ClNO5. The van der Waals surface area contributed by atoms with Gasteiger partial charge in [-0.05, 0) is 48.5 Å². The number of amides is 1. The van der Waals surface area contributed by atoms with E-state index in [9.17, 15) is 14.7 Å². The van der Waals surface area contributed by atoms with Crippen LogP contribution >= 0.6 is 11.6 Å². The third kappa shape index (κ3) is 3.28. The molecule has 1 aliphatic heterocycles. The molecule has 2 heterocycles. The van der Waals surface area contributed by atoms with Crippen molar-refractivity contribution in [3.8, 4) is 5.75 Å². The maximum Gasteiger partial charge on any atom is 0.300 e. The Balaban J connectivity index is 1.91. The number of halogens is 1. The predicted octanol–water partition coefficient (Wildman–Crippen LogP) is 4.57. The summed E-state index contributed by atoms with van der Waals surface area (Å²) in [6.45, 7) is 0. The molecule has 0 radical (unpaired) electrons. The molecule has 1 atom stereocenters. The van der Waals surface area contributed by atoms with Gasteiger partial charge in [-0.1, -0.05) is 17.7 Å². The third-order valence-electron chi connectivity index (χ3n) is 4.71. The first-order valence-electron chi connectivity index (χ1n) is 8.75. The molecule has 1 N–H and O–H groups in total. The van der Waals surface area contributed by atoms with E-state index in [-0.39, 0.29) is 11.3 Å². The van der Waals surface area contributed by atoms with E-state index in [1.807, 2.05) is 0 Å². The van der Waals surface area contributed by atoms with Crippen LogP contribution in [-0.4, -0.2) is 23.9 Å². The first-order chi connectivity index (χ1) is 14.0. The minimum absolute atomic E-state index is 0.0601. The van der Waals surface area contributed by atoms with Gasteiger partial charge in [0.2, 0.25) is 0 Å². The SMILES string of the molecule is COc1cccc(N2C(=O)C(=O)/C(=C(\O)c3ccc(Cl)cc3)C2c2ccco2)c1. The molecule has 146 valence electrons. The van der Waals surface area contributed by atoms with Crippen LogP contribution in [0.2, 0.25) is 5.02 Å². The number of ether oxygens (including phenoxy) is 1. The summed E-state index contributed by atoms with van der Waals surface area (Å²) in [5.41, 5.74) is 0.757. The van der Waals surface area contributed by atoms with E-state index >= 15 is 0 Å². The number of aliphatic hydroxyl groups is 1. The topological polar surface area (TPSA) is 80.0 Å². The summed E-state index contributed by atoms with van der Waals surface area (Å²) in [4.78, 5) is 27.2. The van der Waals surface area contributed by atoms with E-state index in [0.29, 0.717) is 27.8 Å². The molecule has 1 saturated heterocycles. The zero-order valence-corrected chi connectivity index (χ0v) is 16.1. The Bertz CT molecular complexity index is 1100. The van der Waals surface area contributed by atoms with Gasteiger partial charge in [0.05, 0.1) is 18.9 Å². The van der Waals surface area contributed by atoms with E-state index in [2.05, 4.69) is 0 Å². The van der Waals surface area contributed by atoms with Crippen molar-refractivity contribution in [2.75, 3.05) is 12.0 Å². The maximum absolute atomic E-state index is 12.9. The molecule has 6 nitrogen and oxygen atoms in total. The highest BCUT2D eigenvalue weighted by molar-refractivity contribution is 6.51. The van der Waals surface area contributed by atoms with Crippen LogP contribution in [-0.2, 0) is 9.59 Å². The Morgan fingerprint density at radius 3 is 2.52 bits per heavy atom. The molecule has 0 spiro atoms. The van der Waals surface area contributed by atoms with Gasteiger partial charge in [-0.25, -0.2) is 0 Å². The van der Waals surface area contributed by atoms with E-state index in [4.69, 9.17) is 20.8 Å². The first-order valence-corrected chi connectivity index (χ1v) is 9.13. The molecule has 1 unspecified atom stereocenters. The number of hydrogen-bond donors (Lipinski definition) is 1. The zero-order valence-electron chi connectivity index (χ0n) is 15.3. The van der Waals surface area contributed by atoms with E-state index in [1.54, 1.807) is 60.7 Å². The summed E-state index contributed by atoms with van der Waals surface area (Å²) in [6, 6.07) is 15.5. The number of carbonyl (C=O) groups is 2. The van der Waals surface area contributed by atoms with Gasteiger partial charge in [0.25, 0.3) is 11.7 Å². The summed E-state index contributed by atoms with van der Waals surface area (Å²) in [5, 5.41) is 11.4. The Morgan fingerprint density at radius 2 is 1.86 bits per heavy atom. The zero-order chi connectivity index (χ0) is 20.5. The van der Waals surface area contributed by atoms with Gasteiger partial charge in [0.15, 0.2) is 0 Å². The highest BCUT2D eigenvalue weighted by Gasteiger charge is 2.48. The largest absolute Gasteiger partial charge is 0.507 e. The van der Waals surface area contributed by atoms with Crippen LogP contribution in [0, 0.1) is 0 Å². The fourth-order valence-corrected chi connectivity index (χ4v) is 3.46. The second-order valence-electron chi connectivity index (χ2n) is 6.39. The molecule has 1 fully saturated rings. The summed E-state index contributed by atoms with van der Waals surface area (Å²) in [6.07, 6.45) is 1.45. The van der Waals surface area contributed by atoms with Gasteiger partial charge in [-0.2, -0.15) is 0 Å². The second kappa shape index (κ2) is 7.48. The molecule has 1 amide bonds. The minimum Gasteiger partial charge on any atom is -0.507 e. The van der Waals surface area contributed by atoms with Crippen molar-refractivity contribution in [2.24, 2.45) is 0 Å². The van der Waals surface area contributed by atoms with Crippen molar-refractivity contribution in [2.45, 2.75) is 6.04 Å². The number of methoxy groups -OCH3 is 1. The quantitative estimate of drug-likeness (QED) is 0.388. The number of rotatable bonds is 4. The fraction of sp³-hybridized carbons (Fsp3) is 0.0909. The number of aliphatic hydroxyl groups excluding tert-OH is 1. The molecule has 3 aromatic rings. The lowest BCUT2D eigenvalue weighted by molar-refractivity contribution is -0.132. The lowest BCUT2D eigenvalue weighted by atomic mass is 9.99. The molecule has 29 heavy (non-hydrogen) atoms. The van der Waals surface area contributed by atoms with Crippen molar-refractivity contribution < 1.29 is 23.8 Å². The number of anilines is 1. The summed E-state index contributed by atoms with van der Waals surface area (Å²) >= 11 is 5.92. The molecule has 1 aliphatic rings. The van der Waals surface area contributed by atoms with E-state index in [1.165, 1.54) is 18.3 Å². The van der Waals surface area contributed by atoms with Gasteiger partial charge in [-0.15, -0.1) is 0 Å². The van der Waals surface area contributed by atoms with Crippen LogP contribution in [0.15, 0.2) is 76.9 Å². The van der Waals surface area contributed by atoms with Crippen LogP contribution in [0.25, 0.3) is 5.76 Å². The fourth-order valence-electron chi connectivity index (χ4n) is 3.34. The van der Waals surface area contributed by atoms with Crippen molar-refractivity contribution >= 4 is 34.7 Å². The van der Waals surface area contributed by atoms with Crippen molar-refractivity contribution in [3.05, 3.63) is 88.8 Å². The predicted molar refractivity (Wildman–Crippen MR) is 108 cm³/mol. The Morgan fingerprint density at radius 1 is 1.10 bits per heavy atom. The number of benzene rings is 2. The van der Waals surface area contributed by atoms with Gasteiger partial charge in [0.1, 0.15) is 23.3 Å². The van der Waals surface area contributed by atoms with Crippen LogP contribution in [0.4, 0.5) is 5.69 Å². The maximum atomic E-state index is 12.9. The van der Waals surface area contributed by atoms with Gasteiger partial charge < -0.3 is 14.3 Å². The van der Waals surface area contributed by atoms with Crippen LogP contribution in [0.5, 0.6) is 5.75 Å². The van der Waals surface area contributed by atoms with E-state index < -0.39 is 17.7 Å². The molecule has 0 aliphatic carbocycles. The first kappa shape index (κ1) is 18.8. The molecule has 0 bridgehead atoms. The molecule has 7 heteroatoms. The summed E-state index contributed by atoms with van der Waals surface area (Å²) in [5.74, 6) is -0.994. The molecular weight excluding hydrogens is 394 g/mol. The average molecular weight is 410 g/mol. The molecule has 4 rings (SSSR count). The third-order valence-corrected chi connectivity index (χ3v) is 4.96. The van der Waals surface area contributed by atoms with E-state index in [0.717, 1.165) is 0 Å². The smallest absolute Gasteiger partial charge is 0.300 e. The Kier molecular flexibility index (Phi) is 4.86. The van der Waals surface area contributed by atoms with Gasteiger partial charge >= 0.3 is 0 Å². The molecule has 1 aromatic heterocycles. The monoisotopic (exact) mass is 409 g/mol. The van der Waals surface area contributed by atoms with Crippen LogP contribution < -0.4 is 9.64 Å². The van der Waals surface area contributed by atoms with Crippen molar-refractivity contribution in [3.63, 3.8) is 0 Å². The van der Waals surface area contributed by atoms with Crippen LogP contribution in [0.1, 0.15) is 17.4 Å². The Labute approximate surface area is 171 Å². The number of nitrogens with zero attached hydrogens (tertiary/aromatic N) is 1. The summed E-state index contributed by atoms with van der Waals surface area (Å²) in [7, 11) is 1.51. The van der Waals surface area contributed by atoms with Crippen molar-refractivity contribution in [1.82, 2.24) is 0 Å². The normalized spacial score (nSPS) is 18.3. The summed E-state index contributed by atoms with van der Waals surface area (Å²) < 4.78 is 10.8. The Hall–Kier alpha value is -3.51. The highest BCUT2D eigenvalue weighted by atomic mass is 35.5. The molecule has 2 aromatic carbocycles. The second-order valence-corrected chi connectivity index (χ2v) is 6.83.